The van der Waals surface area contributed by atoms with E-state index in [0.29, 0.717) is 5.92 Å². The predicted molar refractivity (Wildman–Crippen MR) is 79.3 cm³/mol. The Hall–Kier alpha value is -0.220. The fourth-order valence-electron chi connectivity index (χ4n) is 3.91. The van der Waals surface area contributed by atoms with Crippen molar-refractivity contribution < 1.29 is 8.78 Å². The van der Waals surface area contributed by atoms with Crippen molar-refractivity contribution in [3.05, 3.63) is 0 Å². The number of hydrogen-bond donors (Lipinski definition) is 1. The molecule has 1 saturated heterocycles. The molecule has 2 rings (SSSR count). The Morgan fingerprint density at radius 2 is 1.95 bits per heavy atom. The summed E-state index contributed by atoms with van der Waals surface area (Å²) in [5.74, 6) is 0.694. The van der Waals surface area contributed by atoms with Crippen molar-refractivity contribution in [2.45, 2.75) is 76.8 Å². The Morgan fingerprint density at radius 3 is 2.60 bits per heavy atom. The van der Waals surface area contributed by atoms with E-state index < -0.39 is 6.43 Å². The van der Waals surface area contributed by atoms with Crippen molar-refractivity contribution in [1.82, 2.24) is 10.2 Å². The largest absolute Gasteiger partial charge is 0.307 e. The van der Waals surface area contributed by atoms with Gasteiger partial charge in [0.25, 0.3) is 6.43 Å². The fraction of sp³-hybridized carbons (Fsp3) is 1.00. The summed E-state index contributed by atoms with van der Waals surface area (Å²) in [6.07, 6.45) is 7.91. The normalized spacial score (nSPS) is 29.4. The molecule has 1 aliphatic carbocycles. The maximum absolute atomic E-state index is 12.4. The van der Waals surface area contributed by atoms with Gasteiger partial charge in [-0.2, -0.15) is 0 Å². The second-order valence-corrected chi connectivity index (χ2v) is 6.63. The lowest BCUT2D eigenvalue weighted by Gasteiger charge is -2.41. The first-order valence-electron chi connectivity index (χ1n) is 8.44. The number of nitrogens with zero attached hydrogens (tertiary/aromatic N) is 1. The molecule has 0 radical (unpaired) electrons. The predicted octanol–water partition coefficient (Wildman–Crippen LogP) is 3.66. The van der Waals surface area contributed by atoms with E-state index in [2.05, 4.69) is 17.1 Å². The molecule has 0 bridgehead atoms. The number of rotatable bonds is 7. The first-order valence-corrected chi connectivity index (χ1v) is 8.44. The van der Waals surface area contributed by atoms with Gasteiger partial charge in [0.2, 0.25) is 0 Å². The van der Waals surface area contributed by atoms with Crippen molar-refractivity contribution in [3.8, 4) is 0 Å². The first kappa shape index (κ1) is 16.2. The Morgan fingerprint density at radius 1 is 1.20 bits per heavy atom. The van der Waals surface area contributed by atoms with Gasteiger partial charge in [-0.1, -0.05) is 32.6 Å². The molecular weight excluding hydrogens is 258 g/mol. The summed E-state index contributed by atoms with van der Waals surface area (Å²) in [5, 5.41) is 3.09. The third-order valence-corrected chi connectivity index (χ3v) is 4.93. The lowest BCUT2D eigenvalue weighted by molar-refractivity contribution is 0.0809. The molecule has 2 atom stereocenters. The maximum Gasteiger partial charge on any atom is 0.250 e. The molecule has 0 aromatic heterocycles. The molecule has 1 N–H and O–H groups in total. The zero-order valence-electron chi connectivity index (χ0n) is 12.8. The SMILES string of the molecule is CCCCC1CC(NCC(F)F)CN(C2CCCC2)C1. The molecule has 1 heterocycles. The minimum Gasteiger partial charge on any atom is -0.307 e. The Balaban J connectivity index is 1.87. The summed E-state index contributed by atoms with van der Waals surface area (Å²) in [7, 11) is 0. The van der Waals surface area contributed by atoms with Gasteiger partial charge < -0.3 is 5.32 Å². The van der Waals surface area contributed by atoms with Gasteiger partial charge in [0.1, 0.15) is 0 Å². The molecule has 0 aromatic rings. The summed E-state index contributed by atoms with van der Waals surface area (Å²) in [6, 6.07) is 0.982. The molecule has 4 heteroatoms. The molecule has 1 aliphatic heterocycles. The number of hydrogen-bond acceptors (Lipinski definition) is 2. The van der Waals surface area contributed by atoms with Crippen LogP contribution in [-0.2, 0) is 0 Å². The van der Waals surface area contributed by atoms with Gasteiger partial charge in [-0.25, -0.2) is 8.78 Å². The molecule has 2 nitrogen and oxygen atoms in total. The third-order valence-electron chi connectivity index (χ3n) is 4.93. The highest BCUT2D eigenvalue weighted by Crippen LogP contribution is 2.29. The minimum atomic E-state index is -2.23. The van der Waals surface area contributed by atoms with E-state index in [1.165, 1.54) is 51.5 Å². The smallest absolute Gasteiger partial charge is 0.250 e. The lowest BCUT2D eigenvalue weighted by Crippen LogP contribution is -2.52. The maximum atomic E-state index is 12.4. The molecule has 0 aromatic carbocycles. The second-order valence-electron chi connectivity index (χ2n) is 6.63. The van der Waals surface area contributed by atoms with Gasteiger partial charge in [0.05, 0.1) is 6.54 Å². The second kappa shape index (κ2) is 8.28. The van der Waals surface area contributed by atoms with E-state index in [4.69, 9.17) is 0 Å². The number of likely N-dealkylation sites (tertiary alicyclic amines) is 1. The summed E-state index contributed by atoms with van der Waals surface area (Å²) >= 11 is 0. The monoisotopic (exact) mass is 288 g/mol. The molecule has 0 spiro atoms. The zero-order valence-corrected chi connectivity index (χ0v) is 12.8. The van der Waals surface area contributed by atoms with Crippen LogP contribution in [0.4, 0.5) is 8.78 Å². The van der Waals surface area contributed by atoms with E-state index in [-0.39, 0.29) is 12.6 Å². The number of unbranched alkanes of at least 4 members (excludes halogenated alkanes) is 1. The number of halogens is 2. The van der Waals surface area contributed by atoms with E-state index in [0.717, 1.165) is 19.0 Å². The number of nitrogens with one attached hydrogen (secondary N) is 1. The number of alkyl halides is 2. The van der Waals surface area contributed by atoms with Gasteiger partial charge in [0, 0.05) is 25.2 Å². The van der Waals surface area contributed by atoms with Crippen molar-refractivity contribution in [3.63, 3.8) is 0 Å². The van der Waals surface area contributed by atoms with Crippen LogP contribution in [0.2, 0.25) is 0 Å². The van der Waals surface area contributed by atoms with Crippen LogP contribution in [0.5, 0.6) is 0 Å². The fourth-order valence-corrected chi connectivity index (χ4v) is 3.91. The zero-order chi connectivity index (χ0) is 14.4. The van der Waals surface area contributed by atoms with E-state index >= 15 is 0 Å². The minimum absolute atomic E-state index is 0.149. The third kappa shape index (κ3) is 4.96. The Bertz CT molecular complexity index is 267. The van der Waals surface area contributed by atoms with Crippen LogP contribution in [0.1, 0.15) is 58.3 Å². The van der Waals surface area contributed by atoms with Crippen LogP contribution in [0.25, 0.3) is 0 Å². The first-order chi connectivity index (χ1) is 9.69. The highest BCUT2D eigenvalue weighted by Gasteiger charge is 2.32. The molecule has 1 saturated carbocycles. The summed E-state index contributed by atoms with van der Waals surface area (Å²) in [5.41, 5.74) is 0. The van der Waals surface area contributed by atoms with Gasteiger partial charge in [-0.15, -0.1) is 0 Å². The van der Waals surface area contributed by atoms with Crippen molar-refractivity contribution >= 4 is 0 Å². The molecular formula is C16H30F2N2. The van der Waals surface area contributed by atoms with Crippen LogP contribution >= 0.6 is 0 Å². The van der Waals surface area contributed by atoms with Crippen LogP contribution in [-0.4, -0.2) is 43.0 Å². The van der Waals surface area contributed by atoms with Gasteiger partial charge in [-0.3, -0.25) is 4.90 Å². The van der Waals surface area contributed by atoms with Gasteiger partial charge >= 0.3 is 0 Å². The lowest BCUT2D eigenvalue weighted by atomic mass is 9.89. The highest BCUT2D eigenvalue weighted by molar-refractivity contribution is 4.88. The van der Waals surface area contributed by atoms with Crippen molar-refractivity contribution in [2.24, 2.45) is 5.92 Å². The molecule has 20 heavy (non-hydrogen) atoms. The average Bonchev–Trinajstić information content (AvgIpc) is 2.97. The van der Waals surface area contributed by atoms with E-state index in [1.54, 1.807) is 0 Å². The summed E-state index contributed by atoms with van der Waals surface area (Å²) < 4.78 is 24.8. The van der Waals surface area contributed by atoms with E-state index in [9.17, 15) is 8.78 Å². The van der Waals surface area contributed by atoms with Gasteiger partial charge in [-0.05, 0) is 31.6 Å². The topological polar surface area (TPSA) is 15.3 Å². The average molecular weight is 288 g/mol. The van der Waals surface area contributed by atoms with Crippen LogP contribution < -0.4 is 5.32 Å². The van der Waals surface area contributed by atoms with Crippen LogP contribution in [0, 0.1) is 5.92 Å². The molecule has 118 valence electrons. The highest BCUT2D eigenvalue weighted by atomic mass is 19.3. The van der Waals surface area contributed by atoms with Crippen molar-refractivity contribution in [1.29, 1.82) is 0 Å². The summed E-state index contributed by atoms with van der Waals surface area (Å²) in [4.78, 5) is 2.60. The molecule has 2 aliphatic rings. The quantitative estimate of drug-likeness (QED) is 0.769. The Labute approximate surface area is 122 Å². The summed E-state index contributed by atoms with van der Waals surface area (Å²) in [6.45, 7) is 4.24. The van der Waals surface area contributed by atoms with Gasteiger partial charge in [0.15, 0.2) is 0 Å². The standard InChI is InChI=1S/C16H30F2N2/c1-2-3-6-13-9-14(19-10-16(17)18)12-20(11-13)15-7-4-5-8-15/h13-16,19H,2-12H2,1H3. The van der Waals surface area contributed by atoms with Crippen molar-refractivity contribution in [2.75, 3.05) is 19.6 Å². The molecule has 2 fully saturated rings. The van der Waals surface area contributed by atoms with Crippen LogP contribution in [0.3, 0.4) is 0 Å². The number of piperidine rings is 1. The molecule has 2 unspecified atom stereocenters. The molecule has 0 amide bonds. The Kier molecular flexibility index (Phi) is 6.69. The van der Waals surface area contributed by atoms with Crippen LogP contribution in [0.15, 0.2) is 0 Å². The van der Waals surface area contributed by atoms with E-state index in [1.807, 2.05) is 0 Å².